The Morgan fingerprint density at radius 1 is 1.17 bits per heavy atom. The summed E-state index contributed by atoms with van der Waals surface area (Å²) >= 11 is 4.50. The van der Waals surface area contributed by atoms with Gasteiger partial charge in [-0.25, -0.2) is 0 Å². The molecule has 0 saturated carbocycles. The van der Waals surface area contributed by atoms with Crippen molar-refractivity contribution in [3.63, 3.8) is 0 Å². The molecule has 0 fully saturated rings. The van der Waals surface area contributed by atoms with Crippen molar-refractivity contribution >= 4 is 18.5 Å². The molecule has 1 aromatic rings. The average Bonchev–Trinajstić information content (AvgIpc) is 2.54. The van der Waals surface area contributed by atoms with E-state index in [-0.39, 0.29) is 11.3 Å². The molecule has 1 amide bonds. The number of rotatable bonds is 1. The standard InChI is InChI=1S/C15H21NOS/c1-14(2,3)11-7-6-10-9-16(15(4,5)18)13(17)12(10)8-11/h6-8,18H,9H2,1-5H3. The Hall–Kier alpha value is -0.960. The number of fused-ring (bicyclic) bond motifs is 1. The van der Waals surface area contributed by atoms with Crippen LogP contribution >= 0.6 is 12.6 Å². The monoisotopic (exact) mass is 263 g/mol. The van der Waals surface area contributed by atoms with Gasteiger partial charge in [0, 0.05) is 12.1 Å². The van der Waals surface area contributed by atoms with Gasteiger partial charge in [-0.05, 0) is 36.5 Å². The normalized spacial score (nSPS) is 16.1. The lowest BCUT2D eigenvalue weighted by molar-refractivity contribution is 0.0702. The summed E-state index contributed by atoms with van der Waals surface area (Å²) in [6, 6.07) is 6.24. The van der Waals surface area contributed by atoms with Crippen LogP contribution in [0.4, 0.5) is 0 Å². The van der Waals surface area contributed by atoms with Crippen LogP contribution in [0.15, 0.2) is 18.2 Å². The van der Waals surface area contributed by atoms with Crippen molar-refractivity contribution in [1.29, 1.82) is 0 Å². The van der Waals surface area contributed by atoms with Crippen molar-refractivity contribution in [1.82, 2.24) is 4.90 Å². The Morgan fingerprint density at radius 2 is 1.78 bits per heavy atom. The van der Waals surface area contributed by atoms with E-state index in [1.165, 1.54) is 5.56 Å². The fraction of sp³-hybridized carbons (Fsp3) is 0.533. The van der Waals surface area contributed by atoms with E-state index in [1.807, 2.05) is 24.8 Å². The van der Waals surface area contributed by atoms with Crippen LogP contribution in [0.3, 0.4) is 0 Å². The predicted octanol–water partition coefficient (Wildman–Crippen LogP) is 3.61. The van der Waals surface area contributed by atoms with Gasteiger partial charge < -0.3 is 4.90 Å². The molecule has 0 bridgehead atoms. The zero-order chi connectivity index (χ0) is 13.7. The number of hydrogen-bond acceptors (Lipinski definition) is 2. The minimum absolute atomic E-state index is 0.0687. The molecule has 0 spiro atoms. The second-order valence-corrected chi connectivity index (χ2v) is 7.60. The van der Waals surface area contributed by atoms with Crippen molar-refractivity contribution in [3.05, 3.63) is 34.9 Å². The smallest absolute Gasteiger partial charge is 0.255 e. The maximum absolute atomic E-state index is 12.4. The molecule has 0 N–H and O–H groups in total. The average molecular weight is 263 g/mol. The Labute approximate surface area is 115 Å². The summed E-state index contributed by atoms with van der Waals surface area (Å²) in [5.41, 5.74) is 3.22. The first kappa shape index (κ1) is 13.5. The third-order valence-electron chi connectivity index (χ3n) is 3.44. The highest BCUT2D eigenvalue weighted by molar-refractivity contribution is 7.81. The number of amides is 1. The summed E-state index contributed by atoms with van der Waals surface area (Å²) in [5.74, 6) is 0.0936. The van der Waals surface area contributed by atoms with Crippen LogP contribution in [0.2, 0.25) is 0 Å². The maximum Gasteiger partial charge on any atom is 0.255 e. The molecule has 0 aliphatic carbocycles. The van der Waals surface area contributed by atoms with E-state index in [4.69, 9.17) is 0 Å². The lowest BCUT2D eigenvalue weighted by Gasteiger charge is -2.30. The van der Waals surface area contributed by atoms with Gasteiger partial charge in [0.05, 0.1) is 4.87 Å². The molecule has 1 heterocycles. The lowest BCUT2D eigenvalue weighted by atomic mass is 9.85. The van der Waals surface area contributed by atoms with Crippen LogP contribution in [0.25, 0.3) is 0 Å². The van der Waals surface area contributed by atoms with Crippen molar-refractivity contribution < 1.29 is 4.79 Å². The van der Waals surface area contributed by atoms with E-state index in [1.54, 1.807) is 0 Å². The molecule has 3 heteroatoms. The first-order chi connectivity index (χ1) is 8.10. The Kier molecular flexibility index (Phi) is 3.01. The number of thiol groups is 1. The van der Waals surface area contributed by atoms with E-state index >= 15 is 0 Å². The highest BCUT2D eigenvalue weighted by Gasteiger charge is 2.35. The van der Waals surface area contributed by atoms with Crippen LogP contribution in [-0.2, 0) is 12.0 Å². The molecule has 0 unspecified atom stereocenters. The van der Waals surface area contributed by atoms with Gasteiger partial charge in [-0.2, -0.15) is 12.6 Å². The SMILES string of the molecule is CC(C)(C)c1ccc2c(c1)C(=O)N(C(C)(C)S)C2. The molecule has 0 atom stereocenters. The lowest BCUT2D eigenvalue weighted by Crippen LogP contribution is -2.39. The van der Waals surface area contributed by atoms with Gasteiger partial charge in [0.1, 0.15) is 0 Å². The van der Waals surface area contributed by atoms with Crippen molar-refractivity contribution in [2.24, 2.45) is 0 Å². The zero-order valence-electron chi connectivity index (χ0n) is 11.7. The summed E-state index contributed by atoms with van der Waals surface area (Å²) in [6.45, 7) is 11.0. The predicted molar refractivity (Wildman–Crippen MR) is 78.1 cm³/mol. The van der Waals surface area contributed by atoms with Crippen molar-refractivity contribution in [2.75, 3.05) is 0 Å². The molecule has 98 valence electrons. The summed E-state index contributed by atoms with van der Waals surface area (Å²) in [5, 5.41) is 0. The van der Waals surface area contributed by atoms with Gasteiger partial charge in [-0.3, -0.25) is 4.79 Å². The van der Waals surface area contributed by atoms with E-state index in [0.29, 0.717) is 6.54 Å². The van der Waals surface area contributed by atoms with E-state index in [0.717, 1.165) is 11.1 Å². The molecular weight excluding hydrogens is 242 g/mol. The van der Waals surface area contributed by atoms with Crippen LogP contribution in [0, 0.1) is 0 Å². The van der Waals surface area contributed by atoms with E-state index in [2.05, 4.69) is 45.5 Å². The van der Waals surface area contributed by atoms with Gasteiger partial charge in [0.25, 0.3) is 5.91 Å². The molecule has 18 heavy (non-hydrogen) atoms. The molecule has 2 nitrogen and oxygen atoms in total. The molecule has 0 radical (unpaired) electrons. The quantitative estimate of drug-likeness (QED) is 0.768. The van der Waals surface area contributed by atoms with Crippen LogP contribution in [0.1, 0.15) is 56.1 Å². The van der Waals surface area contributed by atoms with Gasteiger partial charge in [-0.15, -0.1) is 0 Å². The van der Waals surface area contributed by atoms with Gasteiger partial charge in [0.2, 0.25) is 0 Å². The molecular formula is C15H21NOS. The Morgan fingerprint density at radius 3 is 2.28 bits per heavy atom. The van der Waals surface area contributed by atoms with Crippen LogP contribution < -0.4 is 0 Å². The molecule has 1 aliphatic rings. The first-order valence-electron chi connectivity index (χ1n) is 6.28. The third kappa shape index (κ3) is 2.28. The van der Waals surface area contributed by atoms with Crippen LogP contribution in [-0.4, -0.2) is 15.7 Å². The van der Waals surface area contributed by atoms with Gasteiger partial charge in [-0.1, -0.05) is 32.9 Å². The topological polar surface area (TPSA) is 20.3 Å². The summed E-state index contributed by atoms with van der Waals surface area (Å²) < 4.78 is 0. The Balaban J connectivity index is 2.43. The summed E-state index contributed by atoms with van der Waals surface area (Å²) in [4.78, 5) is 13.8. The van der Waals surface area contributed by atoms with Gasteiger partial charge >= 0.3 is 0 Å². The first-order valence-corrected chi connectivity index (χ1v) is 6.73. The second-order valence-electron chi connectivity index (χ2n) is 6.51. The number of carbonyl (C=O) groups excluding carboxylic acids is 1. The molecule has 0 aromatic heterocycles. The third-order valence-corrected chi connectivity index (χ3v) is 3.68. The summed E-state index contributed by atoms with van der Waals surface area (Å²) in [7, 11) is 0. The van der Waals surface area contributed by atoms with Crippen molar-refractivity contribution in [3.8, 4) is 0 Å². The second kappa shape index (κ2) is 4.02. The zero-order valence-corrected chi connectivity index (χ0v) is 12.6. The largest absolute Gasteiger partial charge is 0.320 e. The maximum atomic E-state index is 12.4. The summed E-state index contributed by atoms with van der Waals surface area (Å²) in [6.07, 6.45) is 0. The fourth-order valence-electron chi connectivity index (χ4n) is 2.21. The number of nitrogens with zero attached hydrogens (tertiary/aromatic N) is 1. The molecule has 1 aliphatic heterocycles. The van der Waals surface area contributed by atoms with E-state index < -0.39 is 4.87 Å². The number of hydrogen-bond donors (Lipinski definition) is 1. The molecule has 1 aromatic carbocycles. The minimum atomic E-state index is -0.419. The van der Waals surface area contributed by atoms with Gasteiger partial charge in [0.15, 0.2) is 0 Å². The number of benzene rings is 1. The molecule has 2 rings (SSSR count). The highest BCUT2D eigenvalue weighted by atomic mass is 32.1. The minimum Gasteiger partial charge on any atom is -0.320 e. The number of carbonyl (C=O) groups is 1. The Bertz CT molecular complexity index is 494. The highest BCUT2D eigenvalue weighted by Crippen LogP contribution is 2.33. The fourth-order valence-corrected chi connectivity index (χ4v) is 2.37. The molecule has 0 saturated heterocycles. The van der Waals surface area contributed by atoms with E-state index in [9.17, 15) is 4.79 Å². The van der Waals surface area contributed by atoms with Crippen LogP contribution in [0.5, 0.6) is 0 Å². The van der Waals surface area contributed by atoms with Crippen molar-refractivity contribution in [2.45, 2.75) is 51.4 Å².